The number of carboxylic acid groups (broad SMARTS) is 2. The maximum atomic E-state index is 12.4. The number of hydrogen-bond acceptors (Lipinski definition) is 4. The fourth-order valence-corrected chi connectivity index (χ4v) is 4.04. The largest absolute Gasteiger partial charge is 0.481 e. The zero-order valence-electron chi connectivity index (χ0n) is 11.5. The highest BCUT2D eigenvalue weighted by atomic mass is 31.2. The van der Waals surface area contributed by atoms with Gasteiger partial charge < -0.3 is 15.1 Å². The normalized spacial score (nSPS) is 16.7. The first-order valence-electron chi connectivity index (χ1n) is 6.45. The van der Waals surface area contributed by atoms with Crippen molar-refractivity contribution in [2.45, 2.75) is 25.4 Å². The van der Waals surface area contributed by atoms with Crippen LogP contribution in [-0.2, 0) is 14.2 Å². The molecule has 0 bridgehead atoms. The van der Waals surface area contributed by atoms with Crippen LogP contribution in [-0.4, -0.2) is 38.2 Å². The van der Waals surface area contributed by atoms with Crippen LogP contribution in [0.5, 0.6) is 0 Å². The molecule has 8 heteroatoms. The van der Waals surface area contributed by atoms with E-state index in [0.29, 0.717) is 5.56 Å². The van der Waals surface area contributed by atoms with Crippen LogP contribution in [0.15, 0.2) is 24.5 Å². The first-order valence-corrected chi connectivity index (χ1v) is 8.37. The van der Waals surface area contributed by atoms with Crippen LogP contribution in [0.25, 0.3) is 0 Å². The van der Waals surface area contributed by atoms with Crippen molar-refractivity contribution in [3.8, 4) is 0 Å². The molecule has 0 saturated heterocycles. The van der Waals surface area contributed by atoms with Crippen LogP contribution in [0.1, 0.15) is 31.0 Å². The van der Waals surface area contributed by atoms with Gasteiger partial charge in [-0.05, 0) is 18.1 Å². The number of carboxylic acids is 2. The molecular weight excluding hydrogens is 297 g/mol. The third kappa shape index (κ3) is 4.65. The molecule has 116 valence electrons. The lowest BCUT2D eigenvalue weighted by Gasteiger charge is -2.27. The summed E-state index contributed by atoms with van der Waals surface area (Å²) >= 11 is 0. The number of aliphatic carboxylic acids is 2. The first kappa shape index (κ1) is 17.3. The molecule has 1 rings (SSSR count). The Morgan fingerprint density at radius 1 is 1.38 bits per heavy atom. The average molecular weight is 315 g/mol. The maximum absolute atomic E-state index is 12.4. The van der Waals surface area contributed by atoms with E-state index in [4.69, 9.17) is 5.11 Å². The summed E-state index contributed by atoms with van der Waals surface area (Å²) in [5, 5.41) is 18.1. The minimum absolute atomic E-state index is 0.0938. The third-order valence-electron chi connectivity index (χ3n) is 3.28. The van der Waals surface area contributed by atoms with Gasteiger partial charge in [-0.1, -0.05) is 13.0 Å². The van der Waals surface area contributed by atoms with Gasteiger partial charge in [-0.3, -0.25) is 19.1 Å². The van der Waals surface area contributed by atoms with Gasteiger partial charge in [-0.2, -0.15) is 0 Å². The summed E-state index contributed by atoms with van der Waals surface area (Å²) < 4.78 is 12.4. The van der Waals surface area contributed by atoms with E-state index in [0.717, 1.165) is 0 Å². The lowest BCUT2D eigenvalue weighted by molar-refractivity contribution is -0.143. The van der Waals surface area contributed by atoms with Crippen molar-refractivity contribution in [1.82, 2.24) is 4.98 Å². The van der Waals surface area contributed by atoms with Gasteiger partial charge in [0.25, 0.3) is 0 Å². The van der Waals surface area contributed by atoms with Crippen molar-refractivity contribution >= 4 is 19.3 Å². The van der Waals surface area contributed by atoms with E-state index in [1.165, 1.54) is 25.4 Å². The van der Waals surface area contributed by atoms with E-state index in [9.17, 15) is 24.2 Å². The molecule has 0 amide bonds. The minimum atomic E-state index is -3.79. The van der Waals surface area contributed by atoms with Gasteiger partial charge in [0.15, 0.2) is 0 Å². The van der Waals surface area contributed by atoms with Gasteiger partial charge >= 0.3 is 11.9 Å². The molecule has 7 nitrogen and oxygen atoms in total. The second-order valence-corrected chi connectivity index (χ2v) is 7.38. The van der Waals surface area contributed by atoms with Crippen LogP contribution in [0.2, 0.25) is 0 Å². The molecule has 3 N–H and O–H groups in total. The topological polar surface area (TPSA) is 125 Å². The Balaban J connectivity index is 3.23. The van der Waals surface area contributed by atoms with Crippen LogP contribution in [0, 0.1) is 5.92 Å². The van der Waals surface area contributed by atoms with Crippen molar-refractivity contribution in [2.24, 2.45) is 5.92 Å². The van der Waals surface area contributed by atoms with Crippen molar-refractivity contribution in [2.75, 3.05) is 6.16 Å². The summed E-state index contributed by atoms with van der Waals surface area (Å²) in [5.74, 6) is -3.68. The predicted octanol–water partition coefficient (Wildman–Crippen LogP) is 1.98. The molecule has 0 aromatic carbocycles. The van der Waals surface area contributed by atoms with E-state index in [1.54, 1.807) is 6.07 Å². The van der Waals surface area contributed by atoms with E-state index >= 15 is 0 Å². The Bertz CT molecular complexity index is 547. The molecule has 3 atom stereocenters. The SMILES string of the molecule is CCP(=O)(O)C(c1cccnc1)C(CCC(=O)O)C(=O)O. The minimum Gasteiger partial charge on any atom is -0.481 e. The highest BCUT2D eigenvalue weighted by Gasteiger charge is 2.41. The molecule has 0 aliphatic heterocycles. The molecule has 1 aromatic rings. The summed E-state index contributed by atoms with van der Waals surface area (Å²) in [5.41, 5.74) is -0.823. The lowest BCUT2D eigenvalue weighted by Crippen LogP contribution is -2.24. The van der Waals surface area contributed by atoms with Crippen LogP contribution in [0.4, 0.5) is 0 Å². The standard InChI is InChI=1S/C13H18NO6P/c1-2-21(19,20)12(9-4-3-7-14-8-9)10(13(17)18)5-6-11(15)16/h3-4,7-8,10,12H,2,5-6H2,1H3,(H,15,16)(H,17,18)(H,19,20). The molecule has 0 spiro atoms. The number of pyridine rings is 1. The third-order valence-corrected chi connectivity index (χ3v) is 5.71. The molecule has 21 heavy (non-hydrogen) atoms. The van der Waals surface area contributed by atoms with Crippen LogP contribution in [0.3, 0.4) is 0 Å². The van der Waals surface area contributed by atoms with Gasteiger partial charge in [-0.15, -0.1) is 0 Å². The number of rotatable bonds is 8. The van der Waals surface area contributed by atoms with Crippen molar-refractivity contribution < 1.29 is 29.3 Å². The van der Waals surface area contributed by atoms with Crippen LogP contribution >= 0.6 is 7.37 Å². The zero-order chi connectivity index (χ0) is 16.0. The molecule has 0 aliphatic rings. The molecule has 0 aliphatic carbocycles. The molecular formula is C13H18NO6P. The number of nitrogens with zero attached hydrogens (tertiary/aromatic N) is 1. The Labute approximate surface area is 122 Å². The summed E-state index contributed by atoms with van der Waals surface area (Å²) in [6, 6.07) is 3.08. The van der Waals surface area contributed by atoms with Crippen molar-refractivity contribution in [3.05, 3.63) is 30.1 Å². The summed E-state index contributed by atoms with van der Waals surface area (Å²) in [6.07, 6.45) is 2.14. The number of hydrogen-bond donors (Lipinski definition) is 3. The molecule has 0 radical (unpaired) electrons. The summed E-state index contributed by atoms with van der Waals surface area (Å²) in [7, 11) is -3.79. The first-order chi connectivity index (χ1) is 9.79. The maximum Gasteiger partial charge on any atom is 0.307 e. The van der Waals surface area contributed by atoms with Crippen molar-refractivity contribution in [1.29, 1.82) is 0 Å². The van der Waals surface area contributed by atoms with Gasteiger partial charge in [0.05, 0.1) is 11.6 Å². The monoisotopic (exact) mass is 315 g/mol. The molecule has 0 fully saturated rings. The molecule has 1 heterocycles. The van der Waals surface area contributed by atoms with Crippen LogP contribution < -0.4 is 0 Å². The predicted molar refractivity (Wildman–Crippen MR) is 75.3 cm³/mol. The fourth-order valence-electron chi connectivity index (χ4n) is 2.19. The van der Waals surface area contributed by atoms with Crippen molar-refractivity contribution in [3.63, 3.8) is 0 Å². The Morgan fingerprint density at radius 2 is 2.05 bits per heavy atom. The molecule has 0 saturated carbocycles. The van der Waals surface area contributed by atoms with E-state index in [-0.39, 0.29) is 19.0 Å². The number of aromatic nitrogens is 1. The summed E-state index contributed by atoms with van der Waals surface area (Å²) in [4.78, 5) is 36.1. The Morgan fingerprint density at radius 3 is 2.48 bits per heavy atom. The second kappa shape index (κ2) is 7.33. The quantitative estimate of drug-likeness (QED) is 0.626. The highest BCUT2D eigenvalue weighted by Crippen LogP contribution is 2.59. The Kier molecular flexibility index (Phi) is 6.05. The summed E-state index contributed by atoms with van der Waals surface area (Å²) in [6.45, 7) is 1.50. The average Bonchev–Trinajstić information content (AvgIpc) is 2.43. The molecule has 1 aromatic heterocycles. The molecule has 3 unspecified atom stereocenters. The Hall–Kier alpha value is -1.72. The van der Waals surface area contributed by atoms with Gasteiger partial charge in [0.1, 0.15) is 0 Å². The van der Waals surface area contributed by atoms with E-state index in [1.807, 2.05) is 0 Å². The van der Waals surface area contributed by atoms with E-state index < -0.39 is 30.9 Å². The van der Waals surface area contributed by atoms with Gasteiger partial charge in [0, 0.05) is 25.0 Å². The highest BCUT2D eigenvalue weighted by molar-refractivity contribution is 7.58. The van der Waals surface area contributed by atoms with Gasteiger partial charge in [-0.25, -0.2) is 0 Å². The number of carbonyl (C=O) groups is 2. The van der Waals surface area contributed by atoms with E-state index in [2.05, 4.69) is 4.98 Å². The smallest absolute Gasteiger partial charge is 0.307 e. The fraction of sp³-hybridized carbons (Fsp3) is 0.462. The second-order valence-electron chi connectivity index (χ2n) is 4.68. The zero-order valence-corrected chi connectivity index (χ0v) is 12.4. The van der Waals surface area contributed by atoms with Gasteiger partial charge in [0.2, 0.25) is 7.37 Å². The lowest BCUT2D eigenvalue weighted by atomic mass is 9.95.